The molecule has 3 aromatic carbocycles. The first kappa shape index (κ1) is 27.1. The number of amides is 1. The molecule has 2 heterocycles. The van der Waals surface area contributed by atoms with Gasteiger partial charge in [0.1, 0.15) is 36.9 Å². The summed E-state index contributed by atoms with van der Waals surface area (Å²) in [5.74, 6) is 0.910. The van der Waals surface area contributed by atoms with E-state index < -0.39 is 0 Å². The molecule has 2 aromatic heterocycles. The van der Waals surface area contributed by atoms with E-state index in [1.54, 1.807) is 24.3 Å². The Balaban J connectivity index is 1.33. The summed E-state index contributed by atoms with van der Waals surface area (Å²) in [5, 5.41) is 4.60. The lowest BCUT2D eigenvalue weighted by molar-refractivity contribution is -0.131. The molecule has 1 amide bonds. The number of hydrogen-bond acceptors (Lipinski definition) is 5. The van der Waals surface area contributed by atoms with Crippen LogP contribution in [0, 0.1) is 5.82 Å². The van der Waals surface area contributed by atoms with Crippen LogP contribution >= 0.6 is 11.6 Å². The maximum atomic E-state index is 13.4. The molecular formula is C31H29ClFN5O2. The van der Waals surface area contributed by atoms with Crippen molar-refractivity contribution in [3.8, 4) is 16.9 Å². The monoisotopic (exact) mass is 557 g/mol. The predicted octanol–water partition coefficient (Wildman–Crippen LogP) is 7.08. The third kappa shape index (κ3) is 6.24. The normalized spacial score (nSPS) is 11.0. The summed E-state index contributed by atoms with van der Waals surface area (Å²) in [6.07, 6.45) is 5.40. The number of carbonyl (C=O) groups is 1. The highest BCUT2D eigenvalue weighted by Gasteiger charge is 2.12. The maximum Gasteiger partial charge on any atom is 0.242 e. The van der Waals surface area contributed by atoms with Crippen molar-refractivity contribution in [2.45, 2.75) is 27.0 Å². The van der Waals surface area contributed by atoms with Crippen LogP contribution in [0.25, 0.3) is 22.0 Å². The number of likely N-dealkylation sites (N-methyl/N-ethyl adjacent to an activating group) is 1. The standard InChI is InChI=1S/C31H29ClFN5O2/c1-3-38(4-2)30(39)18-37-13-12-23(17-37)22-8-10-28-26(15-22)31(35-20-34-28)36-25-9-11-29(27(32)16-25)40-19-21-6-5-7-24(33)14-21/h5-17,20H,3-4,18-19H2,1-2H3,(H,34,35,36). The second kappa shape index (κ2) is 12.2. The highest BCUT2D eigenvalue weighted by atomic mass is 35.5. The average molecular weight is 558 g/mol. The minimum absolute atomic E-state index is 0.0922. The molecule has 0 atom stereocenters. The van der Waals surface area contributed by atoms with E-state index in [1.807, 2.05) is 66.0 Å². The van der Waals surface area contributed by atoms with Gasteiger partial charge in [0.15, 0.2) is 0 Å². The first-order valence-electron chi connectivity index (χ1n) is 13.1. The molecule has 40 heavy (non-hydrogen) atoms. The van der Waals surface area contributed by atoms with Crippen LogP contribution in [-0.2, 0) is 17.9 Å². The van der Waals surface area contributed by atoms with Crippen molar-refractivity contribution in [1.82, 2.24) is 19.4 Å². The molecule has 0 saturated heterocycles. The van der Waals surface area contributed by atoms with Crippen LogP contribution in [0.2, 0.25) is 5.02 Å². The van der Waals surface area contributed by atoms with Gasteiger partial charge in [0.05, 0.1) is 10.5 Å². The van der Waals surface area contributed by atoms with E-state index in [2.05, 4.69) is 15.3 Å². The summed E-state index contributed by atoms with van der Waals surface area (Å²) >= 11 is 6.49. The molecule has 1 N–H and O–H groups in total. The Hall–Kier alpha value is -4.43. The zero-order valence-electron chi connectivity index (χ0n) is 22.3. The van der Waals surface area contributed by atoms with Crippen LogP contribution in [0.15, 0.2) is 85.5 Å². The quantitative estimate of drug-likeness (QED) is 0.199. The predicted molar refractivity (Wildman–Crippen MR) is 156 cm³/mol. The van der Waals surface area contributed by atoms with Gasteiger partial charge in [-0.1, -0.05) is 29.8 Å². The lowest BCUT2D eigenvalue weighted by Gasteiger charge is -2.18. The van der Waals surface area contributed by atoms with Crippen molar-refractivity contribution in [3.63, 3.8) is 0 Å². The van der Waals surface area contributed by atoms with Gasteiger partial charge < -0.3 is 19.5 Å². The Labute approximate surface area is 237 Å². The highest BCUT2D eigenvalue weighted by molar-refractivity contribution is 6.32. The van der Waals surface area contributed by atoms with Crippen LogP contribution in [-0.4, -0.2) is 38.4 Å². The minimum Gasteiger partial charge on any atom is -0.487 e. The fourth-order valence-electron chi connectivity index (χ4n) is 4.50. The van der Waals surface area contributed by atoms with Crippen molar-refractivity contribution in [1.29, 1.82) is 0 Å². The van der Waals surface area contributed by atoms with Gasteiger partial charge in [-0.3, -0.25) is 4.79 Å². The maximum absolute atomic E-state index is 13.4. The molecule has 0 bridgehead atoms. The smallest absolute Gasteiger partial charge is 0.242 e. The van der Waals surface area contributed by atoms with Gasteiger partial charge in [-0.15, -0.1) is 0 Å². The second-order valence-electron chi connectivity index (χ2n) is 9.28. The van der Waals surface area contributed by atoms with Crippen molar-refractivity contribution in [3.05, 3.63) is 102 Å². The molecule has 0 fully saturated rings. The third-order valence-corrected chi connectivity index (χ3v) is 6.93. The molecule has 0 spiro atoms. The number of hydrogen-bond donors (Lipinski definition) is 1. The van der Waals surface area contributed by atoms with E-state index in [0.717, 1.165) is 27.7 Å². The molecule has 0 unspecified atom stereocenters. The zero-order valence-corrected chi connectivity index (χ0v) is 23.0. The van der Waals surface area contributed by atoms with Gasteiger partial charge in [0.2, 0.25) is 5.91 Å². The van der Waals surface area contributed by atoms with Gasteiger partial charge in [-0.25, -0.2) is 14.4 Å². The molecule has 0 aliphatic rings. The number of nitrogens with zero attached hydrogens (tertiary/aromatic N) is 4. The zero-order chi connectivity index (χ0) is 28.1. The molecule has 0 aliphatic carbocycles. The van der Waals surface area contributed by atoms with E-state index in [-0.39, 0.29) is 18.3 Å². The highest BCUT2D eigenvalue weighted by Crippen LogP contribution is 2.32. The topological polar surface area (TPSA) is 72.3 Å². The van der Waals surface area contributed by atoms with Crippen molar-refractivity contribution >= 4 is 39.9 Å². The lowest BCUT2D eigenvalue weighted by Crippen LogP contribution is -2.33. The number of benzene rings is 3. The van der Waals surface area contributed by atoms with E-state index in [9.17, 15) is 9.18 Å². The molecule has 7 nitrogen and oxygen atoms in total. The van der Waals surface area contributed by atoms with Crippen molar-refractivity contribution in [2.75, 3.05) is 18.4 Å². The fraction of sp³-hybridized carbons (Fsp3) is 0.194. The Kier molecular flexibility index (Phi) is 8.26. The first-order valence-corrected chi connectivity index (χ1v) is 13.4. The largest absolute Gasteiger partial charge is 0.487 e. The molecule has 5 rings (SSSR count). The van der Waals surface area contributed by atoms with Gasteiger partial charge in [-0.05, 0) is 79.1 Å². The Morgan fingerprint density at radius 3 is 2.65 bits per heavy atom. The summed E-state index contributed by atoms with van der Waals surface area (Å²) in [5.41, 5.74) is 4.21. The lowest BCUT2D eigenvalue weighted by atomic mass is 10.1. The van der Waals surface area contributed by atoms with Gasteiger partial charge >= 0.3 is 0 Å². The van der Waals surface area contributed by atoms with Crippen molar-refractivity contribution in [2.24, 2.45) is 0 Å². The van der Waals surface area contributed by atoms with Crippen LogP contribution in [0.4, 0.5) is 15.9 Å². The molecule has 0 radical (unpaired) electrons. The number of halogens is 2. The van der Waals surface area contributed by atoms with E-state index >= 15 is 0 Å². The van der Waals surface area contributed by atoms with Crippen LogP contribution in [0.5, 0.6) is 5.75 Å². The average Bonchev–Trinajstić information content (AvgIpc) is 3.42. The van der Waals surface area contributed by atoms with E-state index in [4.69, 9.17) is 16.3 Å². The molecule has 0 aliphatic heterocycles. The first-order chi connectivity index (χ1) is 19.4. The third-order valence-electron chi connectivity index (χ3n) is 6.63. The Bertz CT molecular complexity index is 1650. The second-order valence-corrected chi connectivity index (χ2v) is 9.69. The number of aromatic nitrogens is 3. The summed E-state index contributed by atoms with van der Waals surface area (Å²) in [4.78, 5) is 23.2. The summed E-state index contributed by atoms with van der Waals surface area (Å²) in [6.45, 7) is 5.86. The molecular weight excluding hydrogens is 529 g/mol. The van der Waals surface area contributed by atoms with Crippen LogP contribution in [0.1, 0.15) is 19.4 Å². The number of nitrogens with one attached hydrogen (secondary N) is 1. The number of ether oxygens (including phenoxy) is 1. The van der Waals surface area contributed by atoms with Gasteiger partial charge in [0.25, 0.3) is 0 Å². The number of rotatable bonds is 10. The number of anilines is 2. The summed E-state index contributed by atoms with van der Waals surface area (Å²) < 4.78 is 21.1. The fourth-order valence-corrected chi connectivity index (χ4v) is 4.73. The Morgan fingerprint density at radius 2 is 1.88 bits per heavy atom. The minimum atomic E-state index is -0.310. The molecule has 9 heteroatoms. The molecule has 5 aromatic rings. The van der Waals surface area contributed by atoms with Gasteiger partial charge in [0, 0.05) is 36.6 Å². The number of fused-ring (bicyclic) bond motifs is 1. The van der Waals surface area contributed by atoms with Crippen molar-refractivity contribution < 1.29 is 13.9 Å². The molecule has 0 saturated carbocycles. The van der Waals surface area contributed by atoms with E-state index in [0.29, 0.717) is 41.8 Å². The SMILES string of the molecule is CCN(CC)C(=O)Cn1ccc(-c2ccc3ncnc(Nc4ccc(OCc5cccc(F)c5)c(Cl)c4)c3c2)c1. The van der Waals surface area contributed by atoms with Gasteiger partial charge in [-0.2, -0.15) is 0 Å². The molecule has 204 valence electrons. The number of carbonyl (C=O) groups excluding carboxylic acids is 1. The van der Waals surface area contributed by atoms with Crippen LogP contribution < -0.4 is 10.1 Å². The van der Waals surface area contributed by atoms with Crippen LogP contribution in [0.3, 0.4) is 0 Å². The summed E-state index contributed by atoms with van der Waals surface area (Å²) in [6, 6.07) is 19.6. The van der Waals surface area contributed by atoms with E-state index in [1.165, 1.54) is 18.5 Å². The summed E-state index contributed by atoms with van der Waals surface area (Å²) in [7, 11) is 0. The Morgan fingerprint density at radius 1 is 1.02 bits per heavy atom.